The molecule has 3 aromatic heterocycles. The molecule has 0 unspecified atom stereocenters. The van der Waals surface area contributed by atoms with Crippen LogP contribution in [0.3, 0.4) is 0 Å². The molecule has 146 valence electrons. The lowest BCUT2D eigenvalue weighted by Crippen LogP contribution is -1.96. The fourth-order valence-corrected chi connectivity index (χ4v) is 4.42. The fourth-order valence-electron chi connectivity index (χ4n) is 4.42. The highest BCUT2D eigenvalue weighted by molar-refractivity contribution is 6.13. The molecule has 0 bridgehead atoms. The first-order valence-corrected chi connectivity index (χ1v) is 10.3. The standard InChI is InChI=1S/C28H19N3/c1-2-10-27-25(7-1)26-9-4-8-24(21-13-17-30-18-14-21)28(26)31(27)23-6-3-5-22(19-23)20-11-15-29-16-12-20/h1-19H. The zero-order chi connectivity index (χ0) is 20.6. The second-order valence-electron chi connectivity index (χ2n) is 7.58. The maximum Gasteiger partial charge on any atom is 0.0619 e. The zero-order valence-electron chi connectivity index (χ0n) is 16.8. The normalized spacial score (nSPS) is 11.2. The predicted octanol–water partition coefficient (Wildman–Crippen LogP) is 6.91. The minimum atomic E-state index is 1.14. The van der Waals surface area contributed by atoms with E-state index in [4.69, 9.17) is 0 Å². The average molecular weight is 397 g/mol. The number of pyridine rings is 2. The second kappa shape index (κ2) is 7.22. The van der Waals surface area contributed by atoms with Crippen molar-refractivity contribution in [3.63, 3.8) is 0 Å². The molecule has 0 radical (unpaired) electrons. The van der Waals surface area contributed by atoms with Crippen LogP contribution in [0.25, 0.3) is 49.7 Å². The number of benzene rings is 3. The van der Waals surface area contributed by atoms with Crippen molar-refractivity contribution in [1.82, 2.24) is 14.5 Å². The number of rotatable bonds is 3. The van der Waals surface area contributed by atoms with Crippen LogP contribution in [0, 0.1) is 0 Å². The molecular formula is C28H19N3. The van der Waals surface area contributed by atoms with Crippen molar-refractivity contribution in [1.29, 1.82) is 0 Å². The molecule has 0 saturated heterocycles. The molecule has 3 nitrogen and oxygen atoms in total. The van der Waals surface area contributed by atoms with Gasteiger partial charge in [0.05, 0.1) is 11.0 Å². The lowest BCUT2D eigenvalue weighted by molar-refractivity contribution is 1.18. The van der Waals surface area contributed by atoms with E-state index in [1.165, 1.54) is 32.9 Å². The average Bonchev–Trinajstić information content (AvgIpc) is 3.20. The van der Waals surface area contributed by atoms with Crippen molar-refractivity contribution >= 4 is 21.8 Å². The van der Waals surface area contributed by atoms with Gasteiger partial charge in [-0.15, -0.1) is 0 Å². The van der Waals surface area contributed by atoms with Gasteiger partial charge in [-0.25, -0.2) is 0 Å². The van der Waals surface area contributed by atoms with Crippen LogP contribution in [0.5, 0.6) is 0 Å². The minimum absolute atomic E-state index is 1.14. The van der Waals surface area contributed by atoms with Crippen molar-refractivity contribution in [2.75, 3.05) is 0 Å². The fraction of sp³-hybridized carbons (Fsp3) is 0. The number of aromatic nitrogens is 3. The van der Waals surface area contributed by atoms with Crippen LogP contribution in [0.1, 0.15) is 0 Å². The topological polar surface area (TPSA) is 30.7 Å². The lowest BCUT2D eigenvalue weighted by atomic mass is 10.0. The zero-order valence-corrected chi connectivity index (χ0v) is 16.8. The summed E-state index contributed by atoms with van der Waals surface area (Å²) in [6.07, 6.45) is 7.38. The van der Waals surface area contributed by atoms with E-state index in [0.29, 0.717) is 0 Å². The van der Waals surface area contributed by atoms with E-state index in [2.05, 4.69) is 93.4 Å². The first-order valence-electron chi connectivity index (χ1n) is 10.3. The first-order chi connectivity index (χ1) is 15.4. The van der Waals surface area contributed by atoms with Gasteiger partial charge in [0.2, 0.25) is 0 Å². The molecule has 31 heavy (non-hydrogen) atoms. The van der Waals surface area contributed by atoms with Gasteiger partial charge >= 0.3 is 0 Å². The van der Waals surface area contributed by atoms with Gasteiger partial charge in [0.15, 0.2) is 0 Å². The third kappa shape index (κ3) is 2.90. The molecule has 0 aliphatic heterocycles. The Bertz CT molecular complexity index is 1520. The molecule has 3 heteroatoms. The Morgan fingerprint density at radius 1 is 0.516 bits per heavy atom. The van der Waals surface area contributed by atoms with Crippen molar-refractivity contribution < 1.29 is 0 Å². The van der Waals surface area contributed by atoms with Gasteiger partial charge in [-0.3, -0.25) is 9.97 Å². The van der Waals surface area contributed by atoms with Gasteiger partial charge in [-0.1, -0.05) is 48.5 Å². The SMILES string of the molecule is c1cc(-c2ccncc2)cc(-n2c3ccccc3c3cccc(-c4ccncc4)c32)c1. The highest BCUT2D eigenvalue weighted by atomic mass is 15.0. The molecule has 0 aliphatic carbocycles. The van der Waals surface area contributed by atoms with Gasteiger partial charge in [0.25, 0.3) is 0 Å². The van der Waals surface area contributed by atoms with Gasteiger partial charge in [-0.2, -0.15) is 0 Å². The Labute approximate surface area is 180 Å². The van der Waals surface area contributed by atoms with Crippen LogP contribution in [-0.4, -0.2) is 14.5 Å². The summed E-state index contributed by atoms with van der Waals surface area (Å²) in [6, 6.07) is 32.1. The Morgan fingerprint density at radius 3 is 2.00 bits per heavy atom. The molecule has 6 rings (SSSR count). The van der Waals surface area contributed by atoms with Crippen LogP contribution < -0.4 is 0 Å². The van der Waals surface area contributed by atoms with Crippen molar-refractivity contribution in [3.8, 4) is 27.9 Å². The molecule has 3 heterocycles. The van der Waals surface area contributed by atoms with E-state index in [9.17, 15) is 0 Å². The molecule has 0 aliphatic rings. The molecule has 0 atom stereocenters. The van der Waals surface area contributed by atoms with Crippen molar-refractivity contribution in [2.45, 2.75) is 0 Å². The van der Waals surface area contributed by atoms with Crippen LogP contribution >= 0.6 is 0 Å². The molecule has 0 saturated carbocycles. The molecular weight excluding hydrogens is 378 g/mol. The lowest BCUT2D eigenvalue weighted by Gasteiger charge is -2.13. The second-order valence-corrected chi connectivity index (χ2v) is 7.58. The van der Waals surface area contributed by atoms with E-state index >= 15 is 0 Å². The van der Waals surface area contributed by atoms with Crippen molar-refractivity contribution in [2.24, 2.45) is 0 Å². The van der Waals surface area contributed by atoms with Gasteiger partial charge in [0, 0.05) is 46.8 Å². The Kier molecular flexibility index (Phi) is 4.10. The van der Waals surface area contributed by atoms with Gasteiger partial charge in [0.1, 0.15) is 0 Å². The quantitative estimate of drug-likeness (QED) is 0.325. The molecule has 0 amide bonds. The van der Waals surface area contributed by atoms with Crippen LogP contribution in [0.15, 0.2) is 116 Å². The Morgan fingerprint density at radius 2 is 1.19 bits per heavy atom. The summed E-state index contributed by atoms with van der Waals surface area (Å²) < 4.78 is 2.38. The summed E-state index contributed by atoms with van der Waals surface area (Å²) in [7, 11) is 0. The molecule has 0 N–H and O–H groups in total. The van der Waals surface area contributed by atoms with Crippen LogP contribution in [-0.2, 0) is 0 Å². The number of hydrogen-bond donors (Lipinski definition) is 0. The van der Waals surface area contributed by atoms with E-state index in [-0.39, 0.29) is 0 Å². The van der Waals surface area contributed by atoms with Crippen LogP contribution in [0.2, 0.25) is 0 Å². The van der Waals surface area contributed by atoms with Gasteiger partial charge in [-0.05, 0) is 59.2 Å². The summed E-state index contributed by atoms with van der Waals surface area (Å²) in [5.74, 6) is 0. The maximum absolute atomic E-state index is 4.21. The summed E-state index contributed by atoms with van der Waals surface area (Å²) in [5, 5.41) is 2.50. The first kappa shape index (κ1) is 17.6. The third-order valence-corrected chi connectivity index (χ3v) is 5.80. The number of nitrogens with zero attached hydrogens (tertiary/aromatic N) is 3. The van der Waals surface area contributed by atoms with E-state index < -0.39 is 0 Å². The van der Waals surface area contributed by atoms with E-state index in [0.717, 1.165) is 16.8 Å². The highest BCUT2D eigenvalue weighted by Crippen LogP contribution is 2.38. The maximum atomic E-state index is 4.21. The smallest absolute Gasteiger partial charge is 0.0619 e. The van der Waals surface area contributed by atoms with Crippen molar-refractivity contribution in [3.05, 3.63) is 116 Å². The number of fused-ring (bicyclic) bond motifs is 3. The number of hydrogen-bond acceptors (Lipinski definition) is 2. The molecule has 3 aromatic carbocycles. The Hall–Kier alpha value is -4.24. The molecule has 6 aromatic rings. The van der Waals surface area contributed by atoms with E-state index in [1.807, 2.05) is 36.9 Å². The largest absolute Gasteiger partial charge is 0.309 e. The van der Waals surface area contributed by atoms with E-state index in [1.54, 1.807) is 0 Å². The highest BCUT2D eigenvalue weighted by Gasteiger charge is 2.16. The summed E-state index contributed by atoms with van der Waals surface area (Å²) in [4.78, 5) is 8.37. The molecule has 0 spiro atoms. The Balaban J connectivity index is 1.70. The monoisotopic (exact) mass is 397 g/mol. The molecule has 0 fully saturated rings. The predicted molar refractivity (Wildman–Crippen MR) is 127 cm³/mol. The van der Waals surface area contributed by atoms with Gasteiger partial charge < -0.3 is 4.57 Å². The third-order valence-electron chi connectivity index (χ3n) is 5.80. The summed E-state index contributed by atoms with van der Waals surface area (Å²) >= 11 is 0. The summed E-state index contributed by atoms with van der Waals surface area (Å²) in [6.45, 7) is 0. The number of para-hydroxylation sites is 2. The minimum Gasteiger partial charge on any atom is -0.309 e. The summed E-state index contributed by atoms with van der Waals surface area (Å²) in [5.41, 5.74) is 8.24. The van der Waals surface area contributed by atoms with Crippen LogP contribution in [0.4, 0.5) is 0 Å².